The monoisotopic (exact) mass is 450 g/mol. The van der Waals surface area contributed by atoms with Crippen molar-refractivity contribution in [3.8, 4) is 28.0 Å². The topological polar surface area (TPSA) is 18.5 Å². The van der Waals surface area contributed by atoms with Gasteiger partial charge in [-0.3, -0.25) is 0 Å². The van der Waals surface area contributed by atoms with Gasteiger partial charge in [0.25, 0.3) is 0 Å². The molecule has 0 spiro atoms. The second-order valence-corrected chi connectivity index (χ2v) is 8.27. The third-order valence-electron chi connectivity index (χ3n) is 6.11. The van der Waals surface area contributed by atoms with E-state index in [2.05, 4.69) is 6.08 Å². The Bertz CT molecular complexity index is 1160. The molecule has 0 amide bonds. The molecule has 1 aliphatic carbocycles. The second-order valence-electron chi connectivity index (χ2n) is 8.27. The zero-order chi connectivity index (χ0) is 23.4. The van der Waals surface area contributed by atoms with Gasteiger partial charge in [0, 0.05) is 24.8 Å². The Morgan fingerprint density at radius 3 is 2.21 bits per heavy atom. The van der Waals surface area contributed by atoms with Crippen molar-refractivity contribution in [1.82, 2.24) is 0 Å². The quantitative estimate of drug-likeness (QED) is 0.397. The molecule has 0 bridgehead atoms. The van der Waals surface area contributed by atoms with Crippen LogP contribution in [0.15, 0.2) is 60.7 Å². The largest absolute Gasteiger partial charge is 0.500 e. The van der Waals surface area contributed by atoms with E-state index in [0.29, 0.717) is 17.0 Å². The summed E-state index contributed by atoms with van der Waals surface area (Å²) in [6.07, 6.45) is 4.84. The fraction of sp³-hybridized carbons (Fsp3) is 0.259. The van der Waals surface area contributed by atoms with E-state index < -0.39 is 11.6 Å². The van der Waals surface area contributed by atoms with Crippen molar-refractivity contribution < 1.29 is 22.6 Å². The van der Waals surface area contributed by atoms with E-state index in [1.54, 1.807) is 39.2 Å². The molecule has 33 heavy (non-hydrogen) atoms. The van der Waals surface area contributed by atoms with Crippen molar-refractivity contribution in [3.05, 3.63) is 83.7 Å². The van der Waals surface area contributed by atoms with Gasteiger partial charge in [0.1, 0.15) is 5.82 Å². The van der Waals surface area contributed by atoms with Gasteiger partial charge >= 0.3 is 0 Å². The predicted molar refractivity (Wildman–Crippen MR) is 128 cm³/mol. The van der Waals surface area contributed by atoms with E-state index >= 15 is 0 Å². The minimum atomic E-state index is -0.998. The Morgan fingerprint density at radius 1 is 0.879 bits per heavy atom. The highest BCUT2D eigenvalue weighted by Crippen LogP contribution is 2.34. The molecule has 0 heterocycles. The highest BCUT2D eigenvalue weighted by atomic mass is 19.2. The molecular formula is C27H26BF3O2. The SMILES string of the molecule is BCOc1ccc(-c2ccc(-c3ccc(C4=CCC(COC)CC4)c(F)c3)cc2)c(F)c1F. The lowest BCUT2D eigenvalue weighted by atomic mass is 9.86. The van der Waals surface area contributed by atoms with Gasteiger partial charge in [-0.25, -0.2) is 8.78 Å². The molecule has 0 saturated carbocycles. The number of rotatable bonds is 7. The zero-order valence-electron chi connectivity index (χ0n) is 18.8. The summed E-state index contributed by atoms with van der Waals surface area (Å²) in [6.45, 7) is 0.986. The van der Waals surface area contributed by atoms with Gasteiger partial charge in [-0.05, 0) is 65.6 Å². The average Bonchev–Trinajstić information content (AvgIpc) is 2.83. The highest BCUT2D eigenvalue weighted by molar-refractivity contribution is 6.08. The molecule has 3 aromatic carbocycles. The highest BCUT2D eigenvalue weighted by Gasteiger charge is 2.18. The van der Waals surface area contributed by atoms with Gasteiger partial charge in [-0.15, -0.1) is 0 Å². The molecule has 2 nitrogen and oxygen atoms in total. The van der Waals surface area contributed by atoms with Gasteiger partial charge in [-0.2, -0.15) is 4.39 Å². The Balaban J connectivity index is 1.54. The lowest BCUT2D eigenvalue weighted by molar-refractivity contribution is 0.148. The van der Waals surface area contributed by atoms with Crippen LogP contribution in [-0.4, -0.2) is 28.1 Å². The summed E-state index contributed by atoms with van der Waals surface area (Å²) in [4.78, 5) is 0. The number of hydrogen-bond acceptors (Lipinski definition) is 2. The van der Waals surface area contributed by atoms with Crippen LogP contribution in [0.4, 0.5) is 13.2 Å². The molecule has 0 N–H and O–H groups in total. The first-order valence-electron chi connectivity index (χ1n) is 11.2. The first kappa shape index (κ1) is 23.2. The van der Waals surface area contributed by atoms with Crippen molar-refractivity contribution in [2.75, 3.05) is 20.2 Å². The summed E-state index contributed by atoms with van der Waals surface area (Å²) in [5.41, 5.74) is 3.89. The minimum Gasteiger partial charge on any atom is -0.500 e. The number of allylic oxidation sites excluding steroid dienone is 2. The molecular weight excluding hydrogens is 424 g/mol. The first-order valence-corrected chi connectivity index (χ1v) is 11.2. The van der Waals surface area contributed by atoms with Gasteiger partial charge in [0.15, 0.2) is 19.4 Å². The van der Waals surface area contributed by atoms with Crippen LogP contribution < -0.4 is 4.74 Å². The molecule has 6 heteroatoms. The van der Waals surface area contributed by atoms with Gasteiger partial charge < -0.3 is 9.47 Å². The van der Waals surface area contributed by atoms with Gasteiger partial charge in [0.05, 0.1) is 6.51 Å². The van der Waals surface area contributed by atoms with Gasteiger partial charge in [-0.1, -0.05) is 42.5 Å². The average molecular weight is 450 g/mol. The summed E-state index contributed by atoms with van der Waals surface area (Å²) >= 11 is 0. The second kappa shape index (κ2) is 10.3. The maximum atomic E-state index is 14.9. The molecule has 0 saturated heterocycles. The molecule has 0 radical (unpaired) electrons. The maximum absolute atomic E-state index is 14.9. The Morgan fingerprint density at radius 2 is 1.58 bits per heavy atom. The first-order chi connectivity index (χ1) is 16.0. The molecule has 0 aromatic heterocycles. The van der Waals surface area contributed by atoms with E-state index in [-0.39, 0.29) is 23.6 Å². The maximum Gasteiger partial charge on any atom is 0.201 e. The van der Waals surface area contributed by atoms with Crippen molar-refractivity contribution in [2.24, 2.45) is 5.92 Å². The van der Waals surface area contributed by atoms with Crippen LogP contribution in [0.5, 0.6) is 5.75 Å². The molecule has 3 aromatic rings. The van der Waals surface area contributed by atoms with E-state index in [9.17, 15) is 13.2 Å². The van der Waals surface area contributed by atoms with Crippen molar-refractivity contribution in [2.45, 2.75) is 19.3 Å². The van der Waals surface area contributed by atoms with Crippen LogP contribution >= 0.6 is 0 Å². The van der Waals surface area contributed by atoms with Crippen LogP contribution in [-0.2, 0) is 4.74 Å². The van der Waals surface area contributed by atoms with Crippen molar-refractivity contribution in [1.29, 1.82) is 0 Å². The summed E-state index contributed by atoms with van der Waals surface area (Å²) in [7, 11) is 3.42. The summed E-state index contributed by atoms with van der Waals surface area (Å²) in [6, 6.07) is 15.2. The standard InChI is InChI=1S/C27H26BF3O2/c1-32-15-17-2-4-19(5-3-17)22-11-10-21(14-24(22)29)18-6-8-20(9-7-18)23-12-13-25(33-16-28)27(31)26(23)30/h4,6-14,17H,2-3,5,15-16,28H2,1H3. The van der Waals surface area contributed by atoms with E-state index in [4.69, 9.17) is 9.47 Å². The molecule has 1 unspecified atom stereocenters. The Kier molecular flexibility index (Phi) is 7.24. The number of methoxy groups -OCH3 is 1. The van der Waals surface area contributed by atoms with E-state index in [1.165, 1.54) is 18.2 Å². The molecule has 170 valence electrons. The Labute approximate surface area is 193 Å². The summed E-state index contributed by atoms with van der Waals surface area (Å²) < 4.78 is 54.0. The lowest BCUT2D eigenvalue weighted by Crippen LogP contribution is -2.11. The van der Waals surface area contributed by atoms with E-state index in [1.807, 2.05) is 12.1 Å². The van der Waals surface area contributed by atoms with Gasteiger partial charge in [0.2, 0.25) is 5.82 Å². The normalized spacial score (nSPS) is 15.9. The van der Waals surface area contributed by atoms with Crippen LogP contribution in [0.1, 0.15) is 24.8 Å². The third kappa shape index (κ3) is 5.01. The minimum absolute atomic E-state index is 0.103. The number of halogens is 3. The van der Waals surface area contributed by atoms with Crippen LogP contribution in [0.25, 0.3) is 27.8 Å². The molecule has 1 atom stereocenters. The van der Waals surface area contributed by atoms with Crippen LogP contribution in [0.2, 0.25) is 0 Å². The fourth-order valence-electron chi connectivity index (χ4n) is 4.34. The third-order valence-corrected chi connectivity index (χ3v) is 6.11. The lowest BCUT2D eigenvalue weighted by Gasteiger charge is -2.21. The van der Waals surface area contributed by atoms with Crippen molar-refractivity contribution in [3.63, 3.8) is 0 Å². The zero-order valence-corrected chi connectivity index (χ0v) is 18.8. The van der Waals surface area contributed by atoms with Crippen molar-refractivity contribution >= 4 is 13.4 Å². The molecule has 0 aliphatic heterocycles. The summed E-state index contributed by atoms with van der Waals surface area (Å²) in [5, 5.41) is 0. The number of ether oxygens (including phenoxy) is 2. The van der Waals surface area contributed by atoms with Crippen LogP contribution in [0, 0.1) is 23.4 Å². The molecule has 0 fully saturated rings. The van der Waals surface area contributed by atoms with E-state index in [0.717, 1.165) is 42.6 Å². The fourth-order valence-corrected chi connectivity index (χ4v) is 4.34. The predicted octanol–water partition coefficient (Wildman–Crippen LogP) is 6.24. The molecule has 4 rings (SSSR count). The number of benzene rings is 3. The smallest absolute Gasteiger partial charge is 0.201 e. The number of hydrogen-bond donors (Lipinski definition) is 0. The van der Waals surface area contributed by atoms with Crippen LogP contribution in [0.3, 0.4) is 0 Å². The molecule has 1 aliphatic rings. The Hall–Kier alpha value is -2.99. The summed E-state index contributed by atoms with van der Waals surface area (Å²) in [5.74, 6) is -1.81.